The highest BCUT2D eigenvalue weighted by Crippen LogP contribution is 2.24. The van der Waals surface area contributed by atoms with E-state index in [4.69, 9.17) is 5.21 Å². The minimum atomic E-state index is -0.612. The van der Waals surface area contributed by atoms with Crippen molar-refractivity contribution in [2.75, 3.05) is 19.6 Å². The number of amidine groups is 1. The minimum Gasteiger partial charge on any atom is -0.360 e. The molecule has 3 N–H and O–H groups in total. The van der Waals surface area contributed by atoms with Gasteiger partial charge in [0.25, 0.3) is 5.91 Å². The zero-order valence-electron chi connectivity index (χ0n) is 20.1. The lowest BCUT2D eigenvalue weighted by Crippen LogP contribution is -2.39. The number of carbonyl (C=O) groups is 1. The van der Waals surface area contributed by atoms with Crippen LogP contribution in [0, 0.1) is 12.8 Å². The number of aliphatic imine (C=N–C) groups is 1. The summed E-state index contributed by atoms with van der Waals surface area (Å²) in [4.78, 5) is 18.1. The Morgan fingerprint density at radius 2 is 2.09 bits per heavy atom. The number of aryl methyl sites for hydroxylation is 2. The van der Waals surface area contributed by atoms with E-state index in [1.54, 1.807) is 5.48 Å². The van der Waals surface area contributed by atoms with Gasteiger partial charge in [-0.2, -0.15) is 0 Å². The average molecular weight is 452 g/mol. The topological polar surface area (TPSA) is 81.9 Å². The molecule has 1 saturated heterocycles. The highest BCUT2D eigenvalue weighted by molar-refractivity contribution is 5.95. The molecule has 2 heterocycles. The van der Waals surface area contributed by atoms with Crippen molar-refractivity contribution in [1.82, 2.24) is 20.3 Å². The van der Waals surface area contributed by atoms with Crippen molar-refractivity contribution in [1.29, 1.82) is 0 Å². The second kappa shape index (κ2) is 11.8. The lowest BCUT2D eigenvalue weighted by Gasteiger charge is -2.33. The van der Waals surface area contributed by atoms with E-state index in [2.05, 4.69) is 64.6 Å². The number of piperidine rings is 1. The van der Waals surface area contributed by atoms with Gasteiger partial charge in [0.05, 0.1) is 5.57 Å². The molecule has 0 aliphatic carbocycles. The number of hydrogen-bond donors (Lipinski definition) is 3. The smallest absolute Gasteiger partial charge is 0.276 e. The summed E-state index contributed by atoms with van der Waals surface area (Å²) in [6.07, 6.45) is 8.47. The molecule has 1 amide bonds. The third kappa shape index (κ3) is 6.33. The normalized spacial score (nSPS) is 15.8. The summed E-state index contributed by atoms with van der Waals surface area (Å²) in [5, 5.41) is 13.8. The van der Waals surface area contributed by atoms with Crippen LogP contribution in [0.15, 0.2) is 53.8 Å². The van der Waals surface area contributed by atoms with Crippen LogP contribution < -0.4 is 10.8 Å². The van der Waals surface area contributed by atoms with E-state index in [-0.39, 0.29) is 5.57 Å². The molecule has 1 aromatic heterocycles. The Kier molecular flexibility index (Phi) is 8.86. The monoisotopic (exact) mass is 451 g/mol. The summed E-state index contributed by atoms with van der Waals surface area (Å²) >= 11 is 0. The van der Waals surface area contributed by atoms with E-state index in [1.165, 1.54) is 34.3 Å². The Labute approximate surface area is 196 Å². The van der Waals surface area contributed by atoms with Crippen LogP contribution in [-0.2, 0) is 17.9 Å². The first-order chi connectivity index (χ1) is 16.0. The van der Waals surface area contributed by atoms with Crippen molar-refractivity contribution in [3.8, 4) is 0 Å². The number of likely N-dealkylation sites (tertiary alicyclic amines) is 1. The van der Waals surface area contributed by atoms with Crippen molar-refractivity contribution in [2.45, 2.75) is 53.1 Å². The molecular weight excluding hydrogens is 414 g/mol. The number of hydroxylamine groups is 1. The number of aromatic nitrogens is 1. The molecule has 1 aliphatic rings. The third-order valence-corrected chi connectivity index (χ3v) is 6.38. The summed E-state index contributed by atoms with van der Waals surface area (Å²) in [6, 6.07) is 6.74. The molecule has 7 heteroatoms. The van der Waals surface area contributed by atoms with Crippen molar-refractivity contribution < 1.29 is 10.0 Å². The molecule has 1 fully saturated rings. The Morgan fingerprint density at radius 3 is 2.76 bits per heavy atom. The fourth-order valence-corrected chi connectivity index (χ4v) is 4.43. The molecule has 3 rings (SSSR count). The Morgan fingerprint density at radius 1 is 1.33 bits per heavy atom. The van der Waals surface area contributed by atoms with Gasteiger partial charge in [0.2, 0.25) is 0 Å². The molecule has 0 saturated carbocycles. The quantitative estimate of drug-likeness (QED) is 0.134. The van der Waals surface area contributed by atoms with E-state index < -0.39 is 5.91 Å². The summed E-state index contributed by atoms with van der Waals surface area (Å²) in [6.45, 7) is 14.7. The van der Waals surface area contributed by atoms with Crippen LogP contribution >= 0.6 is 0 Å². The molecule has 33 heavy (non-hydrogen) atoms. The molecule has 1 aliphatic heterocycles. The van der Waals surface area contributed by atoms with Crippen molar-refractivity contribution in [2.24, 2.45) is 10.9 Å². The van der Waals surface area contributed by atoms with Gasteiger partial charge < -0.3 is 14.8 Å². The number of carbonyl (C=O) groups excluding carboxylic acids is 1. The van der Waals surface area contributed by atoms with Crippen LogP contribution in [0.1, 0.15) is 44.2 Å². The standard InChI is InChI=1S/C26H37N5O2/c1-5-11-31-18-23(24-8-7-19(3)14-25(24)31)16-27-15-21-9-12-30(13-10-21)20(4)28-17-22(6-2)26(32)29-33/h6-8,14,17-18,21,27,33H,2,5,9-13,15-16H2,1,3-4H3,(H,29,32)/b22-17+,28-20+. The van der Waals surface area contributed by atoms with Crippen LogP contribution in [0.5, 0.6) is 0 Å². The van der Waals surface area contributed by atoms with Crippen molar-refractivity contribution in [3.63, 3.8) is 0 Å². The second-order valence-electron chi connectivity index (χ2n) is 8.84. The van der Waals surface area contributed by atoms with E-state index in [0.29, 0.717) is 5.92 Å². The van der Waals surface area contributed by atoms with Gasteiger partial charge in [-0.25, -0.2) is 10.5 Å². The van der Waals surface area contributed by atoms with E-state index in [1.807, 2.05) is 6.92 Å². The summed E-state index contributed by atoms with van der Waals surface area (Å²) in [5.41, 5.74) is 5.84. The highest BCUT2D eigenvalue weighted by atomic mass is 16.5. The molecule has 0 radical (unpaired) electrons. The van der Waals surface area contributed by atoms with Crippen LogP contribution in [0.2, 0.25) is 0 Å². The Hall–Kier alpha value is -2.90. The van der Waals surface area contributed by atoms with Crippen molar-refractivity contribution in [3.05, 3.63) is 60.0 Å². The first-order valence-corrected chi connectivity index (χ1v) is 11.8. The van der Waals surface area contributed by atoms with Crippen molar-refractivity contribution >= 4 is 22.6 Å². The molecule has 0 atom stereocenters. The lowest BCUT2D eigenvalue weighted by molar-refractivity contribution is -0.124. The van der Waals surface area contributed by atoms with Crippen LogP contribution in [0.25, 0.3) is 10.9 Å². The number of nitrogens with zero attached hydrogens (tertiary/aromatic N) is 3. The largest absolute Gasteiger partial charge is 0.360 e. The number of hydrogen-bond acceptors (Lipinski definition) is 4. The van der Waals surface area contributed by atoms with Crippen LogP contribution in [0.3, 0.4) is 0 Å². The number of nitrogens with one attached hydrogen (secondary N) is 2. The molecule has 1 aromatic carbocycles. The number of benzene rings is 1. The second-order valence-corrected chi connectivity index (χ2v) is 8.84. The zero-order valence-corrected chi connectivity index (χ0v) is 20.1. The summed E-state index contributed by atoms with van der Waals surface area (Å²) < 4.78 is 2.39. The first kappa shape index (κ1) is 24.7. The SMILES string of the molecule is C=C/C(=C\N=C(/C)N1CCC(CNCc2cn(CCC)c3cc(C)ccc23)CC1)C(=O)NO. The van der Waals surface area contributed by atoms with E-state index >= 15 is 0 Å². The van der Waals surface area contributed by atoms with E-state index in [9.17, 15) is 4.79 Å². The fraction of sp³-hybridized carbons (Fsp3) is 0.462. The first-order valence-electron chi connectivity index (χ1n) is 11.8. The van der Waals surface area contributed by atoms with Gasteiger partial charge in [-0.15, -0.1) is 0 Å². The maximum atomic E-state index is 11.5. The number of amides is 1. The lowest BCUT2D eigenvalue weighted by atomic mass is 9.96. The predicted octanol–water partition coefficient (Wildman–Crippen LogP) is 4.16. The van der Waals surface area contributed by atoms with Gasteiger partial charge in [0, 0.05) is 49.5 Å². The fourth-order valence-electron chi connectivity index (χ4n) is 4.43. The van der Waals surface area contributed by atoms with Gasteiger partial charge >= 0.3 is 0 Å². The van der Waals surface area contributed by atoms with Crippen LogP contribution in [-0.4, -0.2) is 46.1 Å². The maximum Gasteiger partial charge on any atom is 0.276 e. The summed E-state index contributed by atoms with van der Waals surface area (Å²) in [5.74, 6) is 0.893. The van der Waals surface area contributed by atoms with Gasteiger partial charge in [-0.1, -0.05) is 31.7 Å². The Balaban J connectivity index is 1.51. The van der Waals surface area contributed by atoms with Gasteiger partial charge in [0.15, 0.2) is 0 Å². The summed E-state index contributed by atoms with van der Waals surface area (Å²) in [7, 11) is 0. The van der Waals surface area contributed by atoms with Gasteiger partial charge in [-0.05, 0) is 62.8 Å². The number of rotatable bonds is 9. The molecule has 178 valence electrons. The number of fused-ring (bicyclic) bond motifs is 1. The predicted molar refractivity (Wildman–Crippen MR) is 134 cm³/mol. The van der Waals surface area contributed by atoms with Gasteiger partial charge in [0.1, 0.15) is 5.84 Å². The molecule has 2 aromatic rings. The Bertz CT molecular complexity index is 1030. The molecule has 0 bridgehead atoms. The maximum absolute atomic E-state index is 11.5. The van der Waals surface area contributed by atoms with Crippen LogP contribution in [0.4, 0.5) is 0 Å². The van der Waals surface area contributed by atoms with Gasteiger partial charge in [-0.3, -0.25) is 10.0 Å². The molecular formula is C26H37N5O2. The average Bonchev–Trinajstić information content (AvgIpc) is 3.16. The molecule has 7 nitrogen and oxygen atoms in total. The zero-order chi connectivity index (χ0) is 23.8. The molecule has 0 spiro atoms. The highest BCUT2D eigenvalue weighted by Gasteiger charge is 2.20. The van der Waals surface area contributed by atoms with E-state index in [0.717, 1.165) is 57.8 Å². The third-order valence-electron chi connectivity index (χ3n) is 6.38. The minimum absolute atomic E-state index is 0.228. The molecule has 0 unspecified atom stereocenters.